The monoisotopic (exact) mass is 178 g/mol. The molecule has 1 aliphatic rings. The summed E-state index contributed by atoms with van der Waals surface area (Å²) in [7, 11) is 0. The highest BCUT2D eigenvalue weighted by molar-refractivity contribution is 4.94. The maximum absolute atomic E-state index is 9.46. The van der Waals surface area contributed by atoms with Crippen molar-refractivity contribution in [2.75, 3.05) is 6.61 Å². The first kappa shape index (κ1) is 9.88. The summed E-state index contributed by atoms with van der Waals surface area (Å²) >= 11 is 0. The molecule has 0 heterocycles. The molecule has 1 saturated carbocycles. The van der Waals surface area contributed by atoms with E-state index in [2.05, 4.69) is 0 Å². The van der Waals surface area contributed by atoms with E-state index in [1.807, 2.05) is 0 Å². The van der Waals surface area contributed by atoms with Crippen molar-refractivity contribution in [3.63, 3.8) is 0 Å². The van der Waals surface area contributed by atoms with Crippen LogP contribution in [0.4, 0.5) is 0 Å². The molecule has 2 atom stereocenters. The molecule has 0 radical (unpaired) electrons. The van der Waals surface area contributed by atoms with Crippen molar-refractivity contribution in [3.8, 4) is 0 Å². The normalized spacial score (nSPS) is 49.2. The van der Waals surface area contributed by atoms with Crippen molar-refractivity contribution >= 4 is 0 Å². The Kier molecular flexibility index (Phi) is 2.70. The highest BCUT2D eigenvalue weighted by Crippen LogP contribution is 2.28. The molecule has 0 amide bonds. The summed E-state index contributed by atoms with van der Waals surface area (Å²) in [4.78, 5) is 0. The molecule has 5 N–H and O–H groups in total. The number of hydrogen-bond donors (Lipinski definition) is 5. The molecule has 0 aromatic rings. The van der Waals surface area contributed by atoms with E-state index in [4.69, 9.17) is 20.4 Å². The second-order valence-electron chi connectivity index (χ2n) is 3.42. The zero-order valence-corrected chi connectivity index (χ0v) is 6.59. The maximum Gasteiger partial charge on any atom is 0.106 e. The lowest BCUT2D eigenvalue weighted by Crippen LogP contribution is -2.54. The number of hydrogen-bond acceptors (Lipinski definition) is 5. The van der Waals surface area contributed by atoms with E-state index in [1.165, 1.54) is 0 Å². The van der Waals surface area contributed by atoms with E-state index in [0.717, 1.165) is 0 Å². The van der Waals surface area contributed by atoms with Gasteiger partial charge in [0.2, 0.25) is 0 Å². The van der Waals surface area contributed by atoms with Crippen LogP contribution in [0.5, 0.6) is 0 Å². The van der Waals surface area contributed by atoms with Crippen LogP contribution in [-0.2, 0) is 0 Å². The van der Waals surface area contributed by atoms with Crippen molar-refractivity contribution in [1.82, 2.24) is 0 Å². The molecule has 0 spiro atoms. The zero-order valence-electron chi connectivity index (χ0n) is 6.59. The Bertz CT molecular complexity index is 148. The summed E-state index contributed by atoms with van der Waals surface area (Å²) in [6.07, 6.45) is -3.79. The van der Waals surface area contributed by atoms with Gasteiger partial charge in [-0.1, -0.05) is 0 Å². The molecule has 0 aliphatic heterocycles. The van der Waals surface area contributed by atoms with Gasteiger partial charge in [0.05, 0.1) is 24.4 Å². The van der Waals surface area contributed by atoms with Crippen LogP contribution in [0.2, 0.25) is 0 Å². The highest BCUT2D eigenvalue weighted by Gasteiger charge is 2.42. The molecule has 0 aromatic heterocycles. The minimum Gasteiger partial charge on any atom is -0.393 e. The van der Waals surface area contributed by atoms with Crippen LogP contribution < -0.4 is 0 Å². The Morgan fingerprint density at radius 2 is 1.50 bits per heavy atom. The molecular weight excluding hydrogens is 164 g/mol. The van der Waals surface area contributed by atoms with Crippen LogP contribution >= 0.6 is 0 Å². The standard InChI is InChI=1S/C7H14O5/c8-3-7(12)1-4(9)6(11)5(10)2-7/h4-6,8-12H,1-3H2. The van der Waals surface area contributed by atoms with E-state index in [-0.39, 0.29) is 12.8 Å². The first-order chi connectivity index (χ1) is 5.48. The van der Waals surface area contributed by atoms with E-state index >= 15 is 0 Å². The van der Waals surface area contributed by atoms with Crippen molar-refractivity contribution in [3.05, 3.63) is 0 Å². The highest BCUT2D eigenvalue weighted by atomic mass is 16.4. The predicted octanol–water partition coefficient (Wildman–Crippen LogP) is -2.41. The molecule has 1 aliphatic carbocycles. The van der Waals surface area contributed by atoms with Gasteiger partial charge in [-0.2, -0.15) is 0 Å². The van der Waals surface area contributed by atoms with E-state index in [0.29, 0.717) is 0 Å². The third-order valence-corrected chi connectivity index (χ3v) is 2.26. The van der Waals surface area contributed by atoms with Crippen LogP contribution in [0.1, 0.15) is 12.8 Å². The molecular formula is C7H14O5. The second kappa shape index (κ2) is 3.27. The minimum absolute atomic E-state index is 0.109. The average Bonchev–Trinajstić information content (AvgIpc) is 2.00. The van der Waals surface area contributed by atoms with Crippen LogP contribution in [0, 0.1) is 0 Å². The Morgan fingerprint density at radius 1 is 1.08 bits per heavy atom. The summed E-state index contributed by atoms with van der Waals surface area (Å²) < 4.78 is 0. The van der Waals surface area contributed by atoms with E-state index < -0.39 is 30.5 Å². The molecule has 0 aromatic carbocycles. The van der Waals surface area contributed by atoms with Crippen LogP contribution in [-0.4, -0.2) is 56.1 Å². The third kappa shape index (κ3) is 1.75. The summed E-state index contributed by atoms with van der Waals surface area (Å²) in [5, 5.41) is 45.5. The van der Waals surface area contributed by atoms with Gasteiger partial charge in [0, 0.05) is 12.8 Å². The zero-order chi connectivity index (χ0) is 9.35. The molecule has 72 valence electrons. The fraction of sp³-hybridized carbons (Fsp3) is 1.00. The quantitative estimate of drug-likeness (QED) is 0.308. The van der Waals surface area contributed by atoms with Gasteiger partial charge in [-0.15, -0.1) is 0 Å². The maximum atomic E-state index is 9.46. The van der Waals surface area contributed by atoms with Gasteiger partial charge in [-0.25, -0.2) is 0 Å². The Hall–Kier alpha value is -0.200. The Balaban J connectivity index is 2.65. The topological polar surface area (TPSA) is 101 Å². The van der Waals surface area contributed by atoms with Crippen LogP contribution in [0.15, 0.2) is 0 Å². The first-order valence-electron chi connectivity index (χ1n) is 3.86. The Morgan fingerprint density at radius 3 is 1.83 bits per heavy atom. The Labute approximate surface area is 69.9 Å². The van der Waals surface area contributed by atoms with Crippen molar-refractivity contribution in [2.45, 2.75) is 36.8 Å². The van der Waals surface area contributed by atoms with Crippen molar-refractivity contribution in [1.29, 1.82) is 0 Å². The summed E-state index contributed by atoms with van der Waals surface area (Å²) in [6.45, 7) is -0.520. The fourth-order valence-corrected chi connectivity index (χ4v) is 1.49. The van der Waals surface area contributed by atoms with Gasteiger partial charge < -0.3 is 25.5 Å². The molecule has 1 rings (SSSR count). The molecule has 1 fully saturated rings. The van der Waals surface area contributed by atoms with E-state index in [9.17, 15) is 5.11 Å². The van der Waals surface area contributed by atoms with Gasteiger partial charge in [-0.3, -0.25) is 0 Å². The number of rotatable bonds is 1. The number of aliphatic hydroxyl groups excluding tert-OH is 4. The van der Waals surface area contributed by atoms with Crippen molar-refractivity contribution in [2.24, 2.45) is 0 Å². The first-order valence-corrected chi connectivity index (χ1v) is 3.86. The van der Waals surface area contributed by atoms with Gasteiger partial charge >= 0.3 is 0 Å². The molecule has 0 bridgehead atoms. The fourth-order valence-electron chi connectivity index (χ4n) is 1.49. The third-order valence-electron chi connectivity index (χ3n) is 2.26. The molecule has 2 unspecified atom stereocenters. The largest absolute Gasteiger partial charge is 0.393 e. The number of aliphatic hydroxyl groups is 5. The van der Waals surface area contributed by atoms with Crippen LogP contribution in [0.25, 0.3) is 0 Å². The molecule has 5 heteroatoms. The summed E-state index contributed by atoms with van der Waals surface area (Å²) in [5.74, 6) is 0. The van der Waals surface area contributed by atoms with Gasteiger partial charge in [-0.05, 0) is 0 Å². The smallest absolute Gasteiger partial charge is 0.106 e. The lowest BCUT2D eigenvalue weighted by molar-refractivity contribution is -0.166. The molecule has 12 heavy (non-hydrogen) atoms. The lowest BCUT2D eigenvalue weighted by atomic mass is 9.80. The van der Waals surface area contributed by atoms with E-state index in [1.54, 1.807) is 0 Å². The van der Waals surface area contributed by atoms with Crippen LogP contribution in [0.3, 0.4) is 0 Å². The molecule has 5 nitrogen and oxygen atoms in total. The summed E-state index contributed by atoms with van der Waals surface area (Å²) in [5.41, 5.74) is -1.46. The lowest BCUT2D eigenvalue weighted by Gasteiger charge is -2.39. The van der Waals surface area contributed by atoms with Gasteiger partial charge in [0.1, 0.15) is 6.10 Å². The van der Waals surface area contributed by atoms with Crippen molar-refractivity contribution < 1.29 is 25.5 Å². The SMILES string of the molecule is OCC1(O)CC(O)C(O)C(O)C1. The van der Waals surface area contributed by atoms with Gasteiger partial charge in [0.15, 0.2) is 0 Å². The summed E-state index contributed by atoms with van der Waals surface area (Å²) in [6, 6.07) is 0. The second-order valence-corrected chi connectivity index (χ2v) is 3.42. The predicted molar refractivity (Wildman–Crippen MR) is 39.3 cm³/mol. The minimum atomic E-state index is -1.46. The molecule has 0 saturated heterocycles. The average molecular weight is 178 g/mol. The van der Waals surface area contributed by atoms with Gasteiger partial charge in [0.25, 0.3) is 0 Å².